The first kappa shape index (κ1) is 15.0. The van der Waals surface area contributed by atoms with E-state index in [1.807, 2.05) is 6.07 Å². The molecular formula is C18H19NO2S. The Bertz CT molecular complexity index is 753. The lowest BCUT2D eigenvalue weighted by Crippen LogP contribution is -2.27. The summed E-state index contributed by atoms with van der Waals surface area (Å²) < 4.78 is 12.1. The fourth-order valence-corrected chi connectivity index (χ4v) is 3.98. The SMILES string of the molecule is CN(C)C(=O)CS(=O)Cc1ccc2c(c1)Cc1ccccc1-2. The minimum atomic E-state index is -1.16. The maximum Gasteiger partial charge on any atom is 0.234 e. The van der Waals surface area contributed by atoms with Crippen molar-refractivity contribution in [2.75, 3.05) is 19.8 Å². The standard InChI is InChI=1S/C18H19NO2S/c1-19(2)18(20)12-22(21)11-13-7-8-17-15(9-13)10-14-5-3-4-6-16(14)17/h3-9H,10-12H2,1-2H3. The number of amides is 1. The van der Waals surface area contributed by atoms with Gasteiger partial charge in [0.25, 0.3) is 0 Å². The van der Waals surface area contributed by atoms with Crippen LogP contribution in [0.15, 0.2) is 42.5 Å². The van der Waals surface area contributed by atoms with Crippen LogP contribution in [0.5, 0.6) is 0 Å². The van der Waals surface area contributed by atoms with Crippen molar-refractivity contribution in [3.63, 3.8) is 0 Å². The predicted octanol–water partition coefficient (Wildman–Crippen LogP) is 2.59. The number of benzene rings is 2. The first-order valence-corrected chi connectivity index (χ1v) is 8.78. The molecule has 0 fully saturated rings. The second-order valence-electron chi connectivity index (χ2n) is 5.84. The summed E-state index contributed by atoms with van der Waals surface area (Å²) in [5.74, 6) is 0.431. The van der Waals surface area contributed by atoms with Crippen molar-refractivity contribution in [3.05, 3.63) is 59.2 Å². The van der Waals surface area contributed by atoms with Gasteiger partial charge < -0.3 is 4.90 Å². The zero-order valence-corrected chi connectivity index (χ0v) is 13.7. The molecule has 4 heteroatoms. The van der Waals surface area contributed by atoms with E-state index in [0.717, 1.165) is 12.0 Å². The number of hydrogen-bond acceptors (Lipinski definition) is 2. The molecule has 0 saturated carbocycles. The van der Waals surface area contributed by atoms with Gasteiger partial charge in [-0.25, -0.2) is 0 Å². The Kier molecular flexibility index (Phi) is 4.12. The first-order chi connectivity index (χ1) is 10.5. The van der Waals surface area contributed by atoms with Gasteiger partial charge in [0.05, 0.1) is 0 Å². The van der Waals surface area contributed by atoms with E-state index in [1.54, 1.807) is 14.1 Å². The van der Waals surface area contributed by atoms with E-state index >= 15 is 0 Å². The average molecular weight is 313 g/mol. The molecule has 0 aliphatic heterocycles. The van der Waals surface area contributed by atoms with E-state index in [0.29, 0.717) is 5.75 Å². The molecule has 0 spiro atoms. The van der Waals surface area contributed by atoms with Crippen LogP contribution in [-0.4, -0.2) is 34.9 Å². The molecule has 2 aromatic rings. The Labute approximate surface area is 133 Å². The predicted molar refractivity (Wildman–Crippen MR) is 90.1 cm³/mol. The number of carbonyl (C=O) groups is 1. The molecule has 0 radical (unpaired) electrons. The fourth-order valence-electron chi connectivity index (χ4n) is 2.79. The van der Waals surface area contributed by atoms with Crippen molar-refractivity contribution in [3.8, 4) is 11.1 Å². The van der Waals surface area contributed by atoms with Gasteiger partial charge in [-0.1, -0.05) is 42.5 Å². The van der Waals surface area contributed by atoms with Gasteiger partial charge in [-0.05, 0) is 34.2 Å². The Balaban J connectivity index is 1.75. The molecule has 0 saturated heterocycles. The molecule has 1 atom stereocenters. The fraction of sp³-hybridized carbons (Fsp3) is 0.278. The van der Waals surface area contributed by atoms with E-state index < -0.39 is 10.8 Å². The van der Waals surface area contributed by atoms with Gasteiger partial charge in [0.1, 0.15) is 5.75 Å². The third-order valence-electron chi connectivity index (χ3n) is 3.97. The van der Waals surface area contributed by atoms with Gasteiger partial charge in [0, 0.05) is 30.6 Å². The summed E-state index contributed by atoms with van der Waals surface area (Å²) in [6, 6.07) is 14.7. The lowest BCUT2D eigenvalue weighted by molar-refractivity contribution is -0.125. The highest BCUT2D eigenvalue weighted by atomic mass is 32.2. The van der Waals surface area contributed by atoms with Gasteiger partial charge in [-0.15, -0.1) is 0 Å². The number of nitrogens with zero attached hydrogens (tertiary/aromatic N) is 1. The van der Waals surface area contributed by atoms with Crippen LogP contribution in [-0.2, 0) is 27.8 Å². The third kappa shape index (κ3) is 2.97. The maximum absolute atomic E-state index is 12.1. The summed E-state index contributed by atoms with van der Waals surface area (Å²) in [7, 11) is 2.21. The van der Waals surface area contributed by atoms with Crippen molar-refractivity contribution < 1.29 is 9.00 Å². The quantitative estimate of drug-likeness (QED) is 0.742. The van der Waals surface area contributed by atoms with Crippen molar-refractivity contribution in [2.45, 2.75) is 12.2 Å². The molecule has 3 nitrogen and oxygen atoms in total. The van der Waals surface area contributed by atoms with E-state index in [1.165, 1.54) is 27.2 Å². The Morgan fingerprint density at radius 1 is 1.09 bits per heavy atom. The highest BCUT2D eigenvalue weighted by Crippen LogP contribution is 2.36. The van der Waals surface area contributed by atoms with Crippen LogP contribution < -0.4 is 0 Å². The molecule has 1 amide bonds. The smallest absolute Gasteiger partial charge is 0.234 e. The monoisotopic (exact) mass is 313 g/mol. The van der Waals surface area contributed by atoms with E-state index in [4.69, 9.17) is 0 Å². The zero-order valence-electron chi connectivity index (χ0n) is 12.8. The highest BCUT2D eigenvalue weighted by molar-refractivity contribution is 7.84. The molecular weight excluding hydrogens is 294 g/mol. The van der Waals surface area contributed by atoms with E-state index in [2.05, 4.69) is 36.4 Å². The Morgan fingerprint density at radius 2 is 1.82 bits per heavy atom. The summed E-state index contributed by atoms with van der Waals surface area (Å²) >= 11 is 0. The summed E-state index contributed by atoms with van der Waals surface area (Å²) in [4.78, 5) is 13.1. The second kappa shape index (κ2) is 6.05. The van der Waals surface area contributed by atoms with Gasteiger partial charge in [0.2, 0.25) is 5.91 Å². The Morgan fingerprint density at radius 3 is 2.59 bits per heavy atom. The van der Waals surface area contributed by atoms with Gasteiger partial charge in [-0.3, -0.25) is 9.00 Å². The molecule has 0 aromatic heterocycles. The van der Waals surface area contributed by atoms with Crippen LogP contribution in [0.2, 0.25) is 0 Å². The van der Waals surface area contributed by atoms with Gasteiger partial charge in [-0.2, -0.15) is 0 Å². The van der Waals surface area contributed by atoms with Crippen LogP contribution in [0.25, 0.3) is 11.1 Å². The molecule has 2 aromatic carbocycles. The summed E-state index contributed by atoms with van der Waals surface area (Å²) in [5, 5.41) is 0. The molecule has 22 heavy (non-hydrogen) atoms. The lowest BCUT2D eigenvalue weighted by Gasteiger charge is -2.10. The largest absolute Gasteiger partial charge is 0.348 e. The summed E-state index contributed by atoms with van der Waals surface area (Å²) in [6.45, 7) is 0. The topological polar surface area (TPSA) is 37.4 Å². The molecule has 1 unspecified atom stereocenters. The second-order valence-corrected chi connectivity index (χ2v) is 7.30. The van der Waals surface area contributed by atoms with Crippen molar-refractivity contribution >= 4 is 16.7 Å². The van der Waals surface area contributed by atoms with E-state index in [-0.39, 0.29) is 11.7 Å². The number of fused-ring (bicyclic) bond motifs is 3. The maximum atomic E-state index is 12.1. The summed E-state index contributed by atoms with van der Waals surface area (Å²) in [6.07, 6.45) is 0.933. The number of hydrogen-bond donors (Lipinski definition) is 0. The lowest BCUT2D eigenvalue weighted by atomic mass is 10.0. The van der Waals surface area contributed by atoms with Crippen LogP contribution in [0.4, 0.5) is 0 Å². The normalized spacial score (nSPS) is 13.4. The van der Waals surface area contributed by atoms with Crippen LogP contribution in [0, 0.1) is 0 Å². The highest BCUT2D eigenvalue weighted by Gasteiger charge is 2.18. The number of carbonyl (C=O) groups excluding carboxylic acids is 1. The third-order valence-corrected chi connectivity index (χ3v) is 5.19. The molecule has 0 heterocycles. The molecule has 3 rings (SSSR count). The van der Waals surface area contributed by atoms with Gasteiger partial charge >= 0.3 is 0 Å². The van der Waals surface area contributed by atoms with Crippen LogP contribution in [0.1, 0.15) is 16.7 Å². The molecule has 1 aliphatic rings. The van der Waals surface area contributed by atoms with Crippen molar-refractivity contribution in [1.82, 2.24) is 4.90 Å². The molecule has 114 valence electrons. The van der Waals surface area contributed by atoms with Crippen molar-refractivity contribution in [2.24, 2.45) is 0 Å². The van der Waals surface area contributed by atoms with Crippen molar-refractivity contribution in [1.29, 1.82) is 0 Å². The first-order valence-electron chi connectivity index (χ1n) is 7.30. The molecule has 0 N–H and O–H groups in total. The zero-order chi connectivity index (χ0) is 15.7. The van der Waals surface area contributed by atoms with Crippen LogP contribution in [0.3, 0.4) is 0 Å². The average Bonchev–Trinajstić information content (AvgIpc) is 2.84. The van der Waals surface area contributed by atoms with Crippen LogP contribution >= 0.6 is 0 Å². The minimum absolute atomic E-state index is 0.0876. The van der Waals surface area contributed by atoms with Gasteiger partial charge in [0.15, 0.2) is 0 Å². The summed E-state index contributed by atoms with van der Waals surface area (Å²) in [5.41, 5.74) is 6.24. The molecule has 0 bridgehead atoms. The molecule has 1 aliphatic carbocycles. The Hall–Kier alpha value is -1.94. The minimum Gasteiger partial charge on any atom is -0.348 e. The van der Waals surface area contributed by atoms with E-state index in [9.17, 15) is 9.00 Å². The number of rotatable bonds is 4.